The third-order valence-corrected chi connectivity index (χ3v) is 7.17. The Labute approximate surface area is 185 Å². The van der Waals surface area contributed by atoms with Crippen molar-refractivity contribution in [3.8, 4) is 0 Å². The fraction of sp³-hybridized carbons (Fsp3) is 0.818. The monoisotopic (exact) mass is 436 g/mol. The molecule has 3 aliphatic heterocycles. The summed E-state index contributed by atoms with van der Waals surface area (Å²) in [5, 5.41) is 17.1. The summed E-state index contributed by atoms with van der Waals surface area (Å²) in [6.07, 6.45) is 10.9. The van der Waals surface area contributed by atoms with E-state index >= 15 is 0 Å². The van der Waals surface area contributed by atoms with Gasteiger partial charge in [-0.05, 0) is 76.9 Å². The molecule has 1 aromatic rings. The van der Waals surface area contributed by atoms with Gasteiger partial charge in [0.1, 0.15) is 5.02 Å². The number of hydrogen-bond acceptors (Lipinski definition) is 7. The van der Waals surface area contributed by atoms with E-state index in [1.54, 1.807) is 6.20 Å². The average molecular weight is 437 g/mol. The lowest BCUT2D eigenvalue weighted by atomic mass is 9.96. The first kappa shape index (κ1) is 22.1. The molecule has 0 aliphatic carbocycles. The Hall–Kier alpha value is -1.15. The molecule has 0 saturated carbocycles. The molecule has 0 spiro atoms. The molecule has 4 rings (SSSR count). The van der Waals surface area contributed by atoms with E-state index in [1.807, 2.05) is 0 Å². The molecule has 0 amide bonds. The number of nitrogens with zero attached hydrogens (tertiary/aromatic N) is 4. The number of nitrogens with one attached hydrogen (secondary N) is 2. The number of piperidine rings is 3. The molecule has 168 valence electrons. The van der Waals surface area contributed by atoms with E-state index in [0.29, 0.717) is 23.1 Å². The Bertz CT molecular complexity index is 669. The Morgan fingerprint density at radius 1 is 1.13 bits per heavy atom. The van der Waals surface area contributed by atoms with Gasteiger partial charge >= 0.3 is 0 Å². The molecule has 8 heteroatoms. The van der Waals surface area contributed by atoms with Crippen LogP contribution >= 0.6 is 11.6 Å². The van der Waals surface area contributed by atoms with E-state index < -0.39 is 0 Å². The number of aliphatic hydroxyl groups is 1. The van der Waals surface area contributed by atoms with E-state index in [0.717, 1.165) is 63.6 Å². The molecule has 1 aromatic heterocycles. The van der Waals surface area contributed by atoms with Gasteiger partial charge in [-0.1, -0.05) is 11.6 Å². The number of rotatable bonds is 7. The molecule has 0 radical (unpaired) electrons. The Kier molecular flexibility index (Phi) is 8.04. The zero-order valence-corrected chi connectivity index (χ0v) is 18.8. The molecular weight excluding hydrogens is 400 g/mol. The minimum absolute atomic E-state index is 0.198. The highest BCUT2D eigenvalue weighted by atomic mass is 35.5. The van der Waals surface area contributed by atoms with E-state index in [9.17, 15) is 5.11 Å². The van der Waals surface area contributed by atoms with Crippen molar-refractivity contribution in [3.05, 3.63) is 11.2 Å². The standard InChI is InChI=1S/C22H37ClN6O/c23-20-14-25-22(27-21(20)29-12-2-1-5-19(29)8-13-30)26-18-4-3-11-28(16-18)15-17-6-9-24-10-7-17/h14,17-19,24,30H,1-13,15-16H2,(H,25,26,27)/t18-,19+/m1/s1. The second-order valence-corrected chi connectivity index (χ2v) is 9.56. The molecular formula is C22H37ClN6O. The first-order valence-electron chi connectivity index (χ1n) is 11.8. The van der Waals surface area contributed by atoms with Crippen LogP contribution < -0.4 is 15.5 Å². The number of hydrogen-bond donors (Lipinski definition) is 3. The normalized spacial score (nSPS) is 26.7. The van der Waals surface area contributed by atoms with Crippen molar-refractivity contribution in [1.82, 2.24) is 20.2 Å². The Morgan fingerprint density at radius 3 is 2.83 bits per heavy atom. The van der Waals surface area contributed by atoms with Crippen LogP contribution in [0, 0.1) is 5.92 Å². The van der Waals surface area contributed by atoms with Gasteiger partial charge in [-0.2, -0.15) is 4.98 Å². The third-order valence-electron chi connectivity index (χ3n) is 6.90. The molecule has 3 fully saturated rings. The van der Waals surface area contributed by atoms with Crippen LogP contribution in [-0.4, -0.2) is 77.9 Å². The third kappa shape index (κ3) is 5.75. The summed E-state index contributed by atoms with van der Waals surface area (Å²) in [5.74, 6) is 2.32. The van der Waals surface area contributed by atoms with Gasteiger partial charge in [-0.15, -0.1) is 0 Å². The molecule has 7 nitrogen and oxygen atoms in total. The number of halogens is 1. The van der Waals surface area contributed by atoms with Gasteiger partial charge in [-0.25, -0.2) is 4.98 Å². The predicted octanol–water partition coefficient (Wildman–Crippen LogP) is 2.75. The summed E-state index contributed by atoms with van der Waals surface area (Å²) in [6, 6.07) is 0.684. The number of anilines is 2. The minimum Gasteiger partial charge on any atom is -0.396 e. The van der Waals surface area contributed by atoms with Gasteiger partial charge in [0.05, 0.1) is 6.20 Å². The lowest BCUT2D eigenvalue weighted by Gasteiger charge is -2.37. The smallest absolute Gasteiger partial charge is 0.224 e. The SMILES string of the molecule is OCC[C@@H]1CCCCN1c1nc(N[C@@H]2CCCN(CC3CCNCC3)C2)ncc1Cl. The summed E-state index contributed by atoms with van der Waals surface area (Å²) < 4.78 is 0. The Morgan fingerprint density at radius 2 is 2.00 bits per heavy atom. The first-order chi connectivity index (χ1) is 14.7. The van der Waals surface area contributed by atoms with Crippen LogP contribution in [0.3, 0.4) is 0 Å². The quantitative estimate of drug-likeness (QED) is 0.606. The highest BCUT2D eigenvalue weighted by molar-refractivity contribution is 6.32. The fourth-order valence-corrected chi connectivity index (χ4v) is 5.51. The highest BCUT2D eigenvalue weighted by Gasteiger charge is 2.27. The summed E-state index contributed by atoms with van der Waals surface area (Å²) in [6.45, 7) is 6.93. The maximum atomic E-state index is 9.45. The second kappa shape index (κ2) is 10.9. The van der Waals surface area contributed by atoms with Crippen molar-refractivity contribution in [2.75, 3.05) is 56.1 Å². The summed E-state index contributed by atoms with van der Waals surface area (Å²) >= 11 is 6.50. The second-order valence-electron chi connectivity index (χ2n) is 9.16. The fourth-order valence-electron chi connectivity index (χ4n) is 5.31. The van der Waals surface area contributed by atoms with Gasteiger partial charge in [0.25, 0.3) is 0 Å². The van der Waals surface area contributed by atoms with E-state index in [2.05, 4.69) is 25.4 Å². The van der Waals surface area contributed by atoms with Gasteiger partial charge in [0.2, 0.25) is 5.95 Å². The predicted molar refractivity (Wildman–Crippen MR) is 122 cm³/mol. The van der Waals surface area contributed by atoms with Crippen LogP contribution in [0.5, 0.6) is 0 Å². The number of likely N-dealkylation sites (tertiary alicyclic amines) is 1. The average Bonchev–Trinajstić information content (AvgIpc) is 2.77. The summed E-state index contributed by atoms with van der Waals surface area (Å²) in [4.78, 5) is 14.2. The molecule has 0 bridgehead atoms. The molecule has 3 aliphatic rings. The van der Waals surface area contributed by atoms with Gasteiger partial charge in [-0.3, -0.25) is 0 Å². The van der Waals surface area contributed by atoms with E-state index in [-0.39, 0.29) is 6.61 Å². The van der Waals surface area contributed by atoms with Crippen molar-refractivity contribution in [2.24, 2.45) is 5.92 Å². The molecule has 30 heavy (non-hydrogen) atoms. The largest absolute Gasteiger partial charge is 0.396 e. The van der Waals surface area contributed by atoms with Gasteiger partial charge in [0.15, 0.2) is 5.82 Å². The van der Waals surface area contributed by atoms with E-state index in [4.69, 9.17) is 16.6 Å². The van der Waals surface area contributed by atoms with Crippen LogP contribution in [0.4, 0.5) is 11.8 Å². The van der Waals surface area contributed by atoms with Gasteiger partial charge in [0, 0.05) is 38.3 Å². The number of aromatic nitrogens is 2. The van der Waals surface area contributed by atoms with Crippen LogP contribution in [0.1, 0.15) is 51.4 Å². The highest BCUT2D eigenvalue weighted by Crippen LogP contribution is 2.31. The van der Waals surface area contributed by atoms with Crippen LogP contribution in [-0.2, 0) is 0 Å². The Balaban J connectivity index is 1.38. The van der Waals surface area contributed by atoms with Crippen molar-refractivity contribution in [1.29, 1.82) is 0 Å². The minimum atomic E-state index is 0.198. The van der Waals surface area contributed by atoms with Crippen molar-refractivity contribution >= 4 is 23.4 Å². The van der Waals surface area contributed by atoms with Crippen LogP contribution in [0.2, 0.25) is 5.02 Å². The molecule has 4 heterocycles. The van der Waals surface area contributed by atoms with Crippen LogP contribution in [0.25, 0.3) is 0 Å². The van der Waals surface area contributed by atoms with Crippen molar-refractivity contribution in [3.63, 3.8) is 0 Å². The summed E-state index contributed by atoms with van der Waals surface area (Å²) in [7, 11) is 0. The number of aliphatic hydroxyl groups excluding tert-OH is 1. The van der Waals surface area contributed by atoms with Gasteiger partial charge < -0.3 is 25.5 Å². The molecule has 3 saturated heterocycles. The van der Waals surface area contributed by atoms with Crippen LogP contribution in [0.15, 0.2) is 6.20 Å². The maximum Gasteiger partial charge on any atom is 0.224 e. The molecule has 0 unspecified atom stereocenters. The molecule has 2 atom stereocenters. The molecule has 0 aromatic carbocycles. The van der Waals surface area contributed by atoms with Crippen molar-refractivity contribution in [2.45, 2.75) is 63.5 Å². The molecule has 3 N–H and O–H groups in total. The lowest BCUT2D eigenvalue weighted by Crippen LogP contribution is -2.45. The lowest BCUT2D eigenvalue weighted by molar-refractivity contribution is 0.169. The zero-order valence-electron chi connectivity index (χ0n) is 18.0. The van der Waals surface area contributed by atoms with Crippen molar-refractivity contribution < 1.29 is 5.11 Å². The zero-order chi connectivity index (χ0) is 20.8. The topological polar surface area (TPSA) is 76.6 Å². The summed E-state index contributed by atoms with van der Waals surface area (Å²) in [5.41, 5.74) is 0. The maximum absolute atomic E-state index is 9.45. The van der Waals surface area contributed by atoms with E-state index in [1.165, 1.54) is 38.8 Å². The first-order valence-corrected chi connectivity index (χ1v) is 12.2.